The zero-order valence-electron chi connectivity index (χ0n) is 9.99. The first kappa shape index (κ1) is 13.4. The van der Waals surface area contributed by atoms with Gasteiger partial charge in [-0.3, -0.25) is 0 Å². The van der Waals surface area contributed by atoms with Crippen molar-refractivity contribution in [1.82, 2.24) is 0 Å². The van der Waals surface area contributed by atoms with Crippen molar-refractivity contribution in [2.24, 2.45) is 37.6 Å². The Kier molecular flexibility index (Phi) is 5.04. The molecule has 0 bridgehead atoms. The quantitative estimate of drug-likeness (QED) is 0.392. The third kappa shape index (κ3) is 5.40. The predicted molar refractivity (Wildman–Crippen MR) is 74.7 cm³/mol. The van der Waals surface area contributed by atoms with Crippen LogP contribution in [-0.4, -0.2) is 24.2 Å². The number of guanidine groups is 1. The molecule has 0 radical (unpaired) electrons. The highest BCUT2D eigenvalue weighted by molar-refractivity contribution is 5.85. The van der Waals surface area contributed by atoms with Crippen LogP contribution in [0.4, 0.5) is 0 Å². The molecule has 0 amide bonds. The Morgan fingerprint density at radius 1 is 0.889 bits per heavy atom. The molecule has 0 fully saturated rings. The maximum Gasteiger partial charge on any atom is 0.211 e. The molecule has 0 heterocycles. The molecule has 7 heteroatoms. The molecule has 94 valence electrons. The van der Waals surface area contributed by atoms with Crippen molar-refractivity contribution in [2.45, 2.75) is 6.92 Å². The number of nitrogens with zero attached hydrogens (tertiary/aromatic N) is 4. The molecular formula is C11H15N7. The molecule has 1 rings (SSSR count). The Morgan fingerprint density at radius 2 is 1.33 bits per heavy atom. The molecule has 0 saturated heterocycles. The summed E-state index contributed by atoms with van der Waals surface area (Å²) in [4.78, 5) is 0. The Morgan fingerprint density at radius 3 is 1.72 bits per heavy atom. The zero-order valence-corrected chi connectivity index (χ0v) is 9.99. The smallest absolute Gasteiger partial charge is 0.211 e. The Hall–Kier alpha value is -2.70. The molecule has 7 nitrogen and oxygen atoms in total. The van der Waals surface area contributed by atoms with E-state index in [0.29, 0.717) is 5.84 Å². The first-order chi connectivity index (χ1) is 8.58. The number of nitrogens with two attached hydrogens (primary N) is 3. The Balaban J connectivity index is 2.69. The minimum absolute atomic E-state index is 0.0787. The summed E-state index contributed by atoms with van der Waals surface area (Å²) in [6.07, 6.45) is 3.15. The summed E-state index contributed by atoms with van der Waals surface area (Å²) < 4.78 is 0. The van der Waals surface area contributed by atoms with E-state index in [0.717, 1.165) is 11.1 Å². The normalized spacial score (nSPS) is 12.2. The summed E-state index contributed by atoms with van der Waals surface area (Å²) in [7, 11) is 0. The van der Waals surface area contributed by atoms with Crippen molar-refractivity contribution < 1.29 is 0 Å². The fraction of sp³-hybridized carbons (Fsp3) is 0.0909. The number of benzene rings is 1. The SMILES string of the molecule is CC(N)=N/N=C/c1ccc(/C=N/N=C(N)N)cc1. The van der Waals surface area contributed by atoms with E-state index in [-0.39, 0.29) is 5.96 Å². The molecule has 6 N–H and O–H groups in total. The lowest BCUT2D eigenvalue weighted by Crippen LogP contribution is -2.21. The predicted octanol–water partition coefficient (Wildman–Crippen LogP) is 0.00490. The van der Waals surface area contributed by atoms with Crippen LogP contribution in [0.25, 0.3) is 0 Å². The molecule has 1 aromatic carbocycles. The van der Waals surface area contributed by atoms with Gasteiger partial charge in [0.25, 0.3) is 0 Å². The average molecular weight is 245 g/mol. The van der Waals surface area contributed by atoms with Crippen LogP contribution in [-0.2, 0) is 0 Å². The van der Waals surface area contributed by atoms with Gasteiger partial charge in [0.2, 0.25) is 5.96 Å². The largest absolute Gasteiger partial charge is 0.386 e. The molecule has 0 unspecified atom stereocenters. The van der Waals surface area contributed by atoms with E-state index in [9.17, 15) is 0 Å². The van der Waals surface area contributed by atoms with E-state index in [1.54, 1.807) is 19.4 Å². The van der Waals surface area contributed by atoms with E-state index in [4.69, 9.17) is 17.2 Å². The van der Waals surface area contributed by atoms with Gasteiger partial charge in [0.05, 0.1) is 12.4 Å². The lowest BCUT2D eigenvalue weighted by Gasteiger charge is -1.93. The van der Waals surface area contributed by atoms with Gasteiger partial charge in [-0.05, 0) is 18.1 Å². The summed E-state index contributed by atoms with van der Waals surface area (Å²) in [5.74, 6) is 0.331. The van der Waals surface area contributed by atoms with Gasteiger partial charge in [-0.1, -0.05) is 24.3 Å². The average Bonchev–Trinajstić information content (AvgIpc) is 2.30. The molecule has 0 atom stereocenters. The summed E-state index contributed by atoms with van der Waals surface area (Å²) in [6.45, 7) is 1.67. The standard InChI is InChI=1S/C11H15N7/c1-8(12)17-15-6-9-2-4-10(5-3-9)7-16-18-11(13)14/h2-7H,1H3,(H2,12,17)(H4,13,14,18)/b15-6+,16-7+. The van der Waals surface area contributed by atoms with Crippen LogP contribution in [0.5, 0.6) is 0 Å². The second-order valence-corrected chi connectivity index (χ2v) is 3.42. The van der Waals surface area contributed by atoms with Crippen LogP contribution in [0.2, 0.25) is 0 Å². The van der Waals surface area contributed by atoms with Crippen LogP contribution in [0, 0.1) is 0 Å². The molecule has 0 aromatic heterocycles. The molecule has 0 aliphatic carbocycles. The van der Waals surface area contributed by atoms with Crippen LogP contribution in [0.15, 0.2) is 44.7 Å². The van der Waals surface area contributed by atoms with E-state index in [1.807, 2.05) is 24.3 Å². The van der Waals surface area contributed by atoms with Crippen molar-refractivity contribution >= 4 is 24.2 Å². The lowest BCUT2D eigenvalue weighted by atomic mass is 10.2. The molecule has 0 aliphatic rings. The maximum atomic E-state index is 5.35. The second-order valence-electron chi connectivity index (χ2n) is 3.42. The highest BCUT2D eigenvalue weighted by atomic mass is 15.3. The van der Waals surface area contributed by atoms with Crippen LogP contribution in [0.1, 0.15) is 18.1 Å². The van der Waals surface area contributed by atoms with E-state index < -0.39 is 0 Å². The van der Waals surface area contributed by atoms with Gasteiger partial charge in [0.15, 0.2) is 0 Å². The number of hydrogen-bond donors (Lipinski definition) is 3. The second kappa shape index (κ2) is 6.79. The third-order valence-electron chi connectivity index (χ3n) is 1.74. The van der Waals surface area contributed by atoms with Crippen molar-refractivity contribution in [3.05, 3.63) is 35.4 Å². The number of rotatable bonds is 4. The fourth-order valence-corrected chi connectivity index (χ4v) is 1.02. The first-order valence-electron chi connectivity index (χ1n) is 5.13. The molecule has 18 heavy (non-hydrogen) atoms. The van der Waals surface area contributed by atoms with Gasteiger partial charge in [-0.2, -0.15) is 10.2 Å². The van der Waals surface area contributed by atoms with Gasteiger partial charge in [-0.15, -0.1) is 10.2 Å². The Bertz CT molecular complexity index is 442. The van der Waals surface area contributed by atoms with Crippen LogP contribution >= 0.6 is 0 Å². The molecular weight excluding hydrogens is 230 g/mol. The van der Waals surface area contributed by atoms with E-state index >= 15 is 0 Å². The monoisotopic (exact) mass is 245 g/mol. The van der Waals surface area contributed by atoms with Gasteiger partial charge < -0.3 is 17.2 Å². The lowest BCUT2D eigenvalue weighted by molar-refractivity contribution is 1.21. The topological polar surface area (TPSA) is 127 Å². The molecule has 0 aliphatic heterocycles. The van der Waals surface area contributed by atoms with Crippen molar-refractivity contribution in [1.29, 1.82) is 0 Å². The van der Waals surface area contributed by atoms with Gasteiger partial charge in [0.1, 0.15) is 5.84 Å². The molecule has 0 saturated carbocycles. The summed E-state index contributed by atoms with van der Waals surface area (Å²) in [5.41, 5.74) is 17.4. The summed E-state index contributed by atoms with van der Waals surface area (Å²) >= 11 is 0. The van der Waals surface area contributed by atoms with Crippen molar-refractivity contribution in [3.63, 3.8) is 0 Å². The molecule has 1 aromatic rings. The van der Waals surface area contributed by atoms with Gasteiger partial charge >= 0.3 is 0 Å². The third-order valence-corrected chi connectivity index (χ3v) is 1.74. The fourth-order valence-electron chi connectivity index (χ4n) is 1.02. The molecule has 0 spiro atoms. The maximum absolute atomic E-state index is 5.35. The van der Waals surface area contributed by atoms with Gasteiger partial charge in [-0.25, -0.2) is 0 Å². The van der Waals surface area contributed by atoms with Crippen LogP contribution < -0.4 is 17.2 Å². The highest BCUT2D eigenvalue weighted by Gasteiger charge is 1.89. The van der Waals surface area contributed by atoms with E-state index in [1.165, 1.54) is 0 Å². The Labute approximate surface area is 105 Å². The summed E-state index contributed by atoms with van der Waals surface area (Å²) in [5, 5.41) is 14.7. The van der Waals surface area contributed by atoms with Crippen LogP contribution in [0.3, 0.4) is 0 Å². The highest BCUT2D eigenvalue weighted by Crippen LogP contribution is 2.00. The van der Waals surface area contributed by atoms with E-state index in [2.05, 4.69) is 20.4 Å². The number of hydrogen-bond acceptors (Lipinski definition) is 4. The zero-order chi connectivity index (χ0) is 13.4. The number of amidine groups is 1. The van der Waals surface area contributed by atoms with Gasteiger partial charge in [0, 0.05) is 0 Å². The minimum Gasteiger partial charge on any atom is -0.386 e. The van der Waals surface area contributed by atoms with Crippen molar-refractivity contribution in [2.75, 3.05) is 0 Å². The van der Waals surface area contributed by atoms with Crippen molar-refractivity contribution in [3.8, 4) is 0 Å². The summed E-state index contributed by atoms with van der Waals surface area (Å²) in [6, 6.07) is 7.43. The minimum atomic E-state index is -0.0787. The first-order valence-corrected chi connectivity index (χ1v) is 5.13.